The van der Waals surface area contributed by atoms with Crippen LogP contribution in [0.2, 0.25) is 0 Å². The second-order valence-corrected chi connectivity index (χ2v) is 4.26. The number of esters is 2. The minimum Gasteiger partial charge on any atom is -0.422 e. The molecule has 1 aliphatic rings. The molecule has 0 aromatic carbocycles. The molecule has 1 rings (SSSR count). The van der Waals surface area contributed by atoms with E-state index >= 15 is 0 Å². The van der Waals surface area contributed by atoms with Crippen LogP contribution in [0, 0.1) is 5.92 Å². The van der Waals surface area contributed by atoms with Gasteiger partial charge in [0.1, 0.15) is 0 Å². The largest absolute Gasteiger partial charge is 0.422 e. The van der Waals surface area contributed by atoms with Gasteiger partial charge in [0.2, 0.25) is 5.92 Å². The number of Topliss-reactive ketones (excluding diaryl/α,β-unsaturated/α-hetero) is 1. The van der Waals surface area contributed by atoms with Crippen molar-refractivity contribution in [1.82, 2.24) is 0 Å². The summed E-state index contributed by atoms with van der Waals surface area (Å²) in [4.78, 5) is 34.1. The number of halogens is 3. The smallest absolute Gasteiger partial charge is 0.389 e. The Balaban J connectivity index is 2.69. The summed E-state index contributed by atoms with van der Waals surface area (Å²) in [6, 6.07) is 0. The number of alkyl halides is 3. The van der Waals surface area contributed by atoms with Crippen LogP contribution in [-0.2, 0) is 23.9 Å². The quantitative estimate of drug-likeness (QED) is 0.570. The Morgan fingerprint density at radius 3 is 2.06 bits per heavy atom. The van der Waals surface area contributed by atoms with Crippen LogP contribution in [0.5, 0.6) is 0 Å². The maximum atomic E-state index is 11.9. The summed E-state index contributed by atoms with van der Waals surface area (Å²) < 4.78 is 45.0. The Morgan fingerprint density at radius 1 is 1.22 bits per heavy atom. The Labute approximate surface area is 100 Å². The van der Waals surface area contributed by atoms with Crippen LogP contribution in [0.25, 0.3) is 0 Å². The standard InChI is InChI=1S/C10H11F3O5/c1-9(2)17-7(15)6(8(16)18-9)5(14)3-4-10(11,12)13/h6H,3-4H2,1-2H3. The lowest BCUT2D eigenvalue weighted by atomic mass is 9.99. The Bertz CT molecular complexity index is 365. The summed E-state index contributed by atoms with van der Waals surface area (Å²) in [7, 11) is 0. The molecule has 0 amide bonds. The molecule has 0 aliphatic carbocycles. The first-order valence-electron chi connectivity index (χ1n) is 5.07. The molecule has 0 aromatic rings. The highest BCUT2D eigenvalue weighted by Crippen LogP contribution is 2.27. The first kappa shape index (κ1) is 14.5. The van der Waals surface area contributed by atoms with Crippen molar-refractivity contribution in [3.05, 3.63) is 0 Å². The molecule has 1 fully saturated rings. The zero-order valence-corrected chi connectivity index (χ0v) is 9.67. The fourth-order valence-corrected chi connectivity index (χ4v) is 1.39. The number of hydrogen-bond acceptors (Lipinski definition) is 5. The molecule has 1 heterocycles. The van der Waals surface area contributed by atoms with Crippen LogP contribution in [0.4, 0.5) is 13.2 Å². The van der Waals surface area contributed by atoms with Gasteiger partial charge in [0, 0.05) is 20.3 Å². The van der Waals surface area contributed by atoms with E-state index in [4.69, 9.17) is 0 Å². The number of rotatable bonds is 3. The van der Waals surface area contributed by atoms with Gasteiger partial charge in [-0.05, 0) is 0 Å². The molecule has 0 unspecified atom stereocenters. The van der Waals surface area contributed by atoms with Gasteiger partial charge in [-0.1, -0.05) is 0 Å². The zero-order valence-electron chi connectivity index (χ0n) is 9.67. The lowest BCUT2D eigenvalue weighted by Crippen LogP contribution is -2.49. The highest BCUT2D eigenvalue weighted by Gasteiger charge is 2.47. The van der Waals surface area contributed by atoms with Gasteiger partial charge in [0.25, 0.3) is 5.79 Å². The topological polar surface area (TPSA) is 69.7 Å². The minimum absolute atomic E-state index is 0.960. The van der Waals surface area contributed by atoms with Crippen molar-refractivity contribution in [2.75, 3.05) is 0 Å². The molecule has 1 aliphatic heterocycles. The molecule has 8 heteroatoms. The molecule has 18 heavy (non-hydrogen) atoms. The van der Waals surface area contributed by atoms with E-state index in [0.29, 0.717) is 0 Å². The zero-order chi connectivity index (χ0) is 14.1. The molecule has 0 saturated carbocycles. The summed E-state index contributed by atoms with van der Waals surface area (Å²) in [5.41, 5.74) is 0. The van der Waals surface area contributed by atoms with Gasteiger partial charge in [-0.15, -0.1) is 0 Å². The SMILES string of the molecule is CC1(C)OC(=O)C(C(=O)CCC(F)(F)F)C(=O)O1. The predicted molar refractivity (Wildman–Crippen MR) is 50.0 cm³/mol. The average molecular weight is 268 g/mol. The molecule has 1 saturated heterocycles. The molecule has 0 N–H and O–H groups in total. The number of carbonyl (C=O) groups excluding carboxylic acids is 3. The Morgan fingerprint density at radius 2 is 1.67 bits per heavy atom. The van der Waals surface area contributed by atoms with Crippen LogP contribution < -0.4 is 0 Å². The summed E-state index contributed by atoms with van der Waals surface area (Å²) in [6.07, 6.45) is -6.89. The van der Waals surface area contributed by atoms with E-state index in [1.54, 1.807) is 0 Å². The monoisotopic (exact) mass is 268 g/mol. The molecule has 0 spiro atoms. The second-order valence-electron chi connectivity index (χ2n) is 4.26. The molecular weight excluding hydrogens is 257 g/mol. The molecule has 5 nitrogen and oxygen atoms in total. The van der Waals surface area contributed by atoms with Gasteiger partial charge in [0.05, 0.1) is 6.42 Å². The first-order valence-corrected chi connectivity index (χ1v) is 5.07. The van der Waals surface area contributed by atoms with Crippen molar-refractivity contribution in [2.45, 2.75) is 38.7 Å². The summed E-state index contributed by atoms with van der Waals surface area (Å²) in [5.74, 6) is -6.93. The highest BCUT2D eigenvalue weighted by molar-refractivity contribution is 6.15. The maximum absolute atomic E-state index is 11.9. The lowest BCUT2D eigenvalue weighted by Gasteiger charge is -2.32. The third-order valence-electron chi connectivity index (χ3n) is 2.14. The van der Waals surface area contributed by atoms with Crippen LogP contribution >= 0.6 is 0 Å². The van der Waals surface area contributed by atoms with Gasteiger partial charge in [0.15, 0.2) is 5.78 Å². The van der Waals surface area contributed by atoms with Gasteiger partial charge in [-0.3, -0.25) is 14.4 Å². The maximum Gasteiger partial charge on any atom is 0.389 e. The number of ketones is 1. The van der Waals surface area contributed by atoms with E-state index < -0.39 is 48.4 Å². The Kier molecular flexibility index (Phi) is 3.68. The molecule has 102 valence electrons. The molecule has 0 aromatic heterocycles. The first-order chi connectivity index (χ1) is 8.02. The van der Waals surface area contributed by atoms with Crippen molar-refractivity contribution in [2.24, 2.45) is 5.92 Å². The third-order valence-corrected chi connectivity index (χ3v) is 2.14. The fourth-order valence-electron chi connectivity index (χ4n) is 1.39. The van der Waals surface area contributed by atoms with Crippen molar-refractivity contribution in [3.63, 3.8) is 0 Å². The average Bonchev–Trinajstić information content (AvgIpc) is 2.10. The lowest BCUT2D eigenvalue weighted by molar-refractivity contribution is -0.238. The van der Waals surface area contributed by atoms with Gasteiger partial charge in [-0.2, -0.15) is 13.2 Å². The Hall–Kier alpha value is -1.60. The summed E-state index contributed by atoms with van der Waals surface area (Å²) >= 11 is 0. The van der Waals surface area contributed by atoms with Crippen molar-refractivity contribution < 1.29 is 37.0 Å². The van der Waals surface area contributed by atoms with E-state index in [1.807, 2.05) is 0 Å². The van der Waals surface area contributed by atoms with E-state index in [9.17, 15) is 27.6 Å². The normalized spacial score (nSPS) is 20.3. The van der Waals surface area contributed by atoms with Crippen LogP contribution in [-0.4, -0.2) is 29.7 Å². The van der Waals surface area contributed by atoms with E-state index in [1.165, 1.54) is 13.8 Å². The van der Waals surface area contributed by atoms with Gasteiger partial charge >= 0.3 is 18.1 Å². The minimum atomic E-state index is -4.53. The number of ether oxygens (including phenoxy) is 2. The molecule has 0 atom stereocenters. The van der Waals surface area contributed by atoms with Gasteiger partial charge in [-0.25, -0.2) is 0 Å². The van der Waals surface area contributed by atoms with E-state index in [2.05, 4.69) is 9.47 Å². The van der Waals surface area contributed by atoms with Crippen molar-refractivity contribution in [3.8, 4) is 0 Å². The second kappa shape index (κ2) is 4.58. The van der Waals surface area contributed by atoms with Crippen molar-refractivity contribution >= 4 is 17.7 Å². The van der Waals surface area contributed by atoms with Gasteiger partial charge < -0.3 is 9.47 Å². The van der Waals surface area contributed by atoms with E-state index in [-0.39, 0.29) is 0 Å². The summed E-state index contributed by atoms with van der Waals surface area (Å²) in [6.45, 7) is 2.55. The van der Waals surface area contributed by atoms with Crippen LogP contribution in [0.3, 0.4) is 0 Å². The molecular formula is C10H11F3O5. The third kappa shape index (κ3) is 3.71. The van der Waals surface area contributed by atoms with Crippen LogP contribution in [0.15, 0.2) is 0 Å². The van der Waals surface area contributed by atoms with Crippen LogP contribution in [0.1, 0.15) is 26.7 Å². The number of cyclic esters (lactones) is 2. The number of carbonyl (C=O) groups is 3. The molecule has 0 bridgehead atoms. The molecule has 0 radical (unpaired) electrons. The predicted octanol–water partition coefficient (Wildman–Crippen LogP) is 1.35. The highest BCUT2D eigenvalue weighted by atomic mass is 19.4. The number of hydrogen-bond donors (Lipinski definition) is 0. The fraction of sp³-hybridized carbons (Fsp3) is 0.700. The van der Waals surface area contributed by atoms with Crippen molar-refractivity contribution in [1.29, 1.82) is 0 Å². The van der Waals surface area contributed by atoms with E-state index in [0.717, 1.165) is 0 Å². The summed E-state index contributed by atoms with van der Waals surface area (Å²) in [5, 5.41) is 0.